The van der Waals surface area contributed by atoms with Crippen molar-refractivity contribution in [2.75, 3.05) is 13.2 Å². The van der Waals surface area contributed by atoms with Gasteiger partial charge in [-0.3, -0.25) is 0 Å². The molecule has 2 heterocycles. The Balaban J connectivity index is 1.84. The fraction of sp³-hybridized carbons (Fsp3) is 0.350. The predicted octanol–water partition coefficient (Wildman–Crippen LogP) is 4.57. The minimum absolute atomic E-state index is 0.0682. The number of fused-ring (bicyclic) bond motifs is 4. The first-order chi connectivity index (χ1) is 12.3. The van der Waals surface area contributed by atoms with E-state index in [1.165, 1.54) is 0 Å². The molecule has 0 bridgehead atoms. The van der Waals surface area contributed by atoms with Gasteiger partial charge in [0.05, 0.1) is 6.61 Å². The van der Waals surface area contributed by atoms with E-state index >= 15 is 0 Å². The molecule has 1 unspecified atom stereocenters. The van der Waals surface area contributed by atoms with E-state index in [9.17, 15) is 0 Å². The normalized spacial score (nSPS) is 20.7. The number of ether oxygens (including phenoxy) is 3. The molecule has 1 spiro atoms. The highest BCUT2D eigenvalue weighted by molar-refractivity contribution is 9.10. The summed E-state index contributed by atoms with van der Waals surface area (Å²) in [6, 6.07) is 11.8. The molecule has 2 aromatic carbocycles. The Bertz CT molecular complexity index is 904. The van der Waals surface area contributed by atoms with Crippen LogP contribution in [0.3, 0.4) is 0 Å². The fourth-order valence-electron chi connectivity index (χ4n) is 3.25. The van der Waals surface area contributed by atoms with E-state index in [0.29, 0.717) is 13.2 Å². The van der Waals surface area contributed by atoms with Gasteiger partial charge in [-0.2, -0.15) is 0 Å². The van der Waals surface area contributed by atoms with Crippen LogP contribution in [0.4, 0.5) is 0 Å². The second-order valence-electron chi connectivity index (χ2n) is 7.82. The Morgan fingerprint density at radius 2 is 2.04 bits per heavy atom. The second-order valence-corrected chi connectivity index (χ2v) is 8.68. The molecule has 0 aromatic heterocycles. The second kappa shape index (κ2) is 5.91. The molecule has 0 fully saturated rings. The van der Waals surface area contributed by atoms with E-state index in [1.807, 2.05) is 36.4 Å². The molecule has 0 radical (unpaired) electrons. The quantitative estimate of drug-likeness (QED) is 0.778. The first-order valence-corrected chi connectivity index (χ1v) is 9.30. The number of aliphatic imine (C=N–C) groups is 1. The predicted molar refractivity (Wildman–Crippen MR) is 104 cm³/mol. The number of rotatable bonds is 2. The minimum atomic E-state index is -0.742. The zero-order valence-corrected chi connectivity index (χ0v) is 16.6. The van der Waals surface area contributed by atoms with Crippen molar-refractivity contribution < 1.29 is 14.2 Å². The number of hydrogen-bond acceptors (Lipinski definition) is 5. The maximum absolute atomic E-state index is 6.13. The molecule has 26 heavy (non-hydrogen) atoms. The maximum atomic E-state index is 6.13. The van der Waals surface area contributed by atoms with Crippen LogP contribution in [0.2, 0.25) is 0 Å². The molecule has 2 aliphatic rings. The molecule has 0 saturated carbocycles. The Hall–Kier alpha value is -2.21. The third-order valence-corrected chi connectivity index (χ3v) is 5.07. The summed E-state index contributed by atoms with van der Waals surface area (Å²) in [5.41, 5.74) is 7.04. The van der Waals surface area contributed by atoms with Crippen molar-refractivity contribution in [2.45, 2.75) is 26.3 Å². The summed E-state index contributed by atoms with van der Waals surface area (Å²) in [6.07, 6.45) is 0. The molecule has 2 N–H and O–H groups in total. The number of nitrogens with zero attached hydrogens (tertiary/aromatic N) is 1. The van der Waals surface area contributed by atoms with Crippen LogP contribution in [-0.4, -0.2) is 19.2 Å². The Morgan fingerprint density at radius 3 is 2.73 bits per heavy atom. The first kappa shape index (κ1) is 17.2. The molecule has 0 amide bonds. The summed E-state index contributed by atoms with van der Waals surface area (Å²) in [4.78, 5) is 4.68. The van der Waals surface area contributed by atoms with Crippen molar-refractivity contribution in [1.29, 1.82) is 0 Å². The van der Waals surface area contributed by atoms with Gasteiger partial charge in [-0.1, -0.05) is 42.8 Å². The van der Waals surface area contributed by atoms with Crippen molar-refractivity contribution in [3.8, 4) is 17.2 Å². The van der Waals surface area contributed by atoms with Crippen molar-refractivity contribution in [2.24, 2.45) is 16.1 Å². The van der Waals surface area contributed by atoms with Crippen LogP contribution in [0.5, 0.6) is 17.2 Å². The third-order valence-electron chi connectivity index (χ3n) is 4.41. The van der Waals surface area contributed by atoms with E-state index < -0.39 is 5.54 Å². The van der Waals surface area contributed by atoms with Crippen molar-refractivity contribution in [1.82, 2.24) is 0 Å². The molecule has 6 heteroatoms. The Kier molecular flexibility index (Phi) is 3.91. The topological polar surface area (TPSA) is 66.1 Å². The summed E-state index contributed by atoms with van der Waals surface area (Å²) in [5.74, 6) is 2.26. The van der Waals surface area contributed by atoms with Crippen LogP contribution in [0, 0.1) is 5.41 Å². The highest BCUT2D eigenvalue weighted by atomic mass is 79.9. The van der Waals surface area contributed by atoms with Crippen LogP contribution in [0.15, 0.2) is 45.9 Å². The van der Waals surface area contributed by atoms with E-state index in [0.717, 1.165) is 32.8 Å². The van der Waals surface area contributed by atoms with Gasteiger partial charge in [0.1, 0.15) is 23.9 Å². The Morgan fingerprint density at radius 1 is 1.23 bits per heavy atom. The van der Waals surface area contributed by atoms with Gasteiger partial charge in [-0.05, 0) is 35.7 Å². The monoisotopic (exact) mass is 416 g/mol. The summed E-state index contributed by atoms with van der Waals surface area (Å²) < 4.78 is 18.6. The number of halogens is 1. The molecule has 0 aliphatic carbocycles. The lowest BCUT2D eigenvalue weighted by Crippen LogP contribution is -2.31. The smallest absolute Gasteiger partial charge is 0.283 e. The minimum Gasteiger partial charge on any atom is -0.493 e. The molecular weight excluding hydrogens is 396 g/mol. The van der Waals surface area contributed by atoms with Crippen LogP contribution in [0.1, 0.15) is 31.9 Å². The highest BCUT2D eigenvalue weighted by Crippen LogP contribution is 2.53. The fourth-order valence-corrected chi connectivity index (χ4v) is 3.93. The van der Waals surface area contributed by atoms with Crippen molar-refractivity contribution in [3.63, 3.8) is 0 Å². The van der Waals surface area contributed by atoms with Gasteiger partial charge >= 0.3 is 0 Å². The van der Waals surface area contributed by atoms with Gasteiger partial charge in [-0.15, -0.1) is 0 Å². The number of amidine groups is 1. The van der Waals surface area contributed by atoms with Crippen LogP contribution in [0.25, 0.3) is 0 Å². The van der Waals surface area contributed by atoms with Gasteiger partial charge < -0.3 is 19.9 Å². The number of hydrogen-bond donors (Lipinski definition) is 1. The third kappa shape index (κ3) is 2.82. The van der Waals surface area contributed by atoms with Gasteiger partial charge in [0.25, 0.3) is 6.02 Å². The molecule has 4 rings (SSSR count). The van der Waals surface area contributed by atoms with Crippen LogP contribution < -0.4 is 15.2 Å². The number of nitrogens with two attached hydrogens (primary N) is 1. The zero-order chi connectivity index (χ0) is 18.5. The van der Waals surface area contributed by atoms with Gasteiger partial charge in [0, 0.05) is 15.6 Å². The van der Waals surface area contributed by atoms with Crippen molar-refractivity contribution in [3.05, 3.63) is 52.0 Å². The average molecular weight is 417 g/mol. The SMILES string of the molecule is CC(C)(C)COc1ccc2c(c1)C1(COC(N)=N1)c1c(Br)cccc1O2. The van der Waals surface area contributed by atoms with Crippen LogP contribution in [-0.2, 0) is 10.3 Å². The molecule has 2 aromatic rings. The summed E-state index contributed by atoms with van der Waals surface area (Å²) in [7, 11) is 0. The largest absolute Gasteiger partial charge is 0.493 e. The molecule has 5 nitrogen and oxygen atoms in total. The van der Waals surface area contributed by atoms with Gasteiger partial charge in [0.15, 0.2) is 5.54 Å². The highest BCUT2D eigenvalue weighted by Gasteiger charge is 2.48. The van der Waals surface area contributed by atoms with E-state index in [2.05, 4.69) is 41.7 Å². The van der Waals surface area contributed by atoms with E-state index in [1.54, 1.807) is 0 Å². The van der Waals surface area contributed by atoms with Crippen molar-refractivity contribution >= 4 is 22.0 Å². The summed E-state index contributed by atoms with van der Waals surface area (Å²) in [6.45, 7) is 7.35. The Labute approximate surface area is 161 Å². The average Bonchev–Trinajstić information content (AvgIpc) is 2.95. The van der Waals surface area contributed by atoms with Crippen LogP contribution >= 0.6 is 15.9 Å². The molecule has 136 valence electrons. The summed E-state index contributed by atoms with van der Waals surface area (Å²) >= 11 is 3.64. The van der Waals surface area contributed by atoms with E-state index in [4.69, 9.17) is 19.9 Å². The standard InChI is InChI=1S/C20H21BrN2O3/c1-19(2,3)10-24-12-7-8-15-13(9-12)20(11-25-18(22)23-20)17-14(21)5-4-6-16(17)26-15/h4-9H,10-11H2,1-3H3,(H2,22,23). The molecule has 2 aliphatic heterocycles. The lowest BCUT2D eigenvalue weighted by Gasteiger charge is -2.34. The lowest BCUT2D eigenvalue weighted by molar-refractivity contribution is 0.197. The molecule has 1 atom stereocenters. The van der Waals surface area contributed by atoms with Gasteiger partial charge in [0.2, 0.25) is 0 Å². The summed E-state index contributed by atoms with van der Waals surface area (Å²) in [5, 5.41) is 0. The zero-order valence-electron chi connectivity index (χ0n) is 15.0. The first-order valence-electron chi connectivity index (χ1n) is 8.51. The van der Waals surface area contributed by atoms with E-state index in [-0.39, 0.29) is 11.4 Å². The number of benzene rings is 2. The molecular formula is C20H21BrN2O3. The lowest BCUT2D eigenvalue weighted by atomic mass is 9.81. The van der Waals surface area contributed by atoms with Gasteiger partial charge in [-0.25, -0.2) is 4.99 Å². The maximum Gasteiger partial charge on any atom is 0.283 e. The molecule has 0 saturated heterocycles.